The zero-order valence-electron chi connectivity index (χ0n) is 11.1. The maximum Gasteiger partial charge on any atom is 0.134 e. The van der Waals surface area contributed by atoms with Crippen LogP contribution in [0.4, 0.5) is 0 Å². The van der Waals surface area contributed by atoms with E-state index in [-0.39, 0.29) is 0 Å². The standard InChI is InChI=1S/C14H21N3S/c1-3-9(15-2)13-16-17-14(18-13)12-10-7-4-5-8(6-7)11(10)12/h7-12,15H,3-6H2,1-2H3. The number of nitrogens with one attached hydrogen (secondary N) is 1. The zero-order chi connectivity index (χ0) is 12.3. The smallest absolute Gasteiger partial charge is 0.134 e. The van der Waals surface area contributed by atoms with Crippen LogP contribution in [0.2, 0.25) is 0 Å². The summed E-state index contributed by atoms with van der Waals surface area (Å²) < 4.78 is 0. The lowest BCUT2D eigenvalue weighted by molar-refractivity contribution is 0.456. The Morgan fingerprint density at radius 1 is 1.28 bits per heavy atom. The number of hydrogen-bond donors (Lipinski definition) is 1. The Bertz CT molecular complexity index is 438. The van der Waals surface area contributed by atoms with E-state index >= 15 is 0 Å². The van der Waals surface area contributed by atoms with E-state index in [2.05, 4.69) is 22.4 Å². The Hall–Kier alpha value is -0.480. The lowest BCUT2D eigenvalue weighted by Crippen LogP contribution is -2.14. The van der Waals surface area contributed by atoms with Crippen molar-refractivity contribution in [1.29, 1.82) is 0 Å². The molecule has 0 saturated heterocycles. The molecule has 0 aromatic carbocycles. The number of rotatable bonds is 4. The van der Waals surface area contributed by atoms with Gasteiger partial charge in [0.05, 0.1) is 6.04 Å². The number of hydrogen-bond acceptors (Lipinski definition) is 4. The fourth-order valence-electron chi connectivity index (χ4n) is 4.68. The molecule has 3 aliphatic carbocycles. The van der Waals surface area contributed by atoms with Gasteiger partial charge in [-0.2, -0.15) is 0 Å². The molecule has 5 atom stereocenters. The minimum Gasteiger partial charge on any atom is -0.311 e. The van der Waals surface area contributed by atoms with Gasteiger partial charge in [0.15, 0.2) is 0 Å². The van der Waals surface area contributed by atoms with Crippen LogP contribution in [0.3, 0.4) is 0 Å². The fraction of sp³-hybridized carbons (Fsp3) is 0.857. The summed E-state index contributed by atoms with van der Waals surface area (Å²) in [5.74, 6) is 4.82. The molecule has 2 bridgehead atoms. The Morgan fingerprint density at radius 2 is 2.00 bits per heavy atom. The summed E-state index contributed by atoms with van der Waals surface area (Å²) in [6.07, 6.45) is 5.59. The molecule has 4 rings (SSSR count). The van der Waals surface area contributed by atoms with Gasteiger partial charge >= 0.3 is 0 Å². The predicted molar refractivity (Wildman–Crippen MR) is 72.6 cm³/mol. The molecular formula is C14H21N3S. The molecule has 3 nitrogen and oxygen atoms in total. The quantitative estimate of drug-likeness (QED) is 0.907. The number of fused-ring (bicyclic) bond motifs is 5. The van der Waals surface area contributed by atoms with Gasteiger partial charge in [0, 0.05) is 5.92 Å². The molecule has 0 amide bonds. The van der Waals surface area contributed by atoms with Crippen LogP contribution in [-0.4, -0.2) is 17.2 Å². The van der Waals surface area contributed by atoms with Gasteiger partial charge < -0.3 is 5.32 Å². The Labute approximate surface area is 112 Å². The maximum atomic E-state index is 4.50. The summed E-state index contributed by atoms with van der Waals surface area (Å²) in [6, 6.07) is 0.395. The SMILES string of the molecule is CCC(NC)c1nnc(C2C3C4CCC(C4)C23)s1. The van der Waals surface area contributed by atoms with Crippen molar-refractivity contribution in [2.75, 3.05) is 7.05 Å². The lowest BCUT2D eigenvalue weighted by atomic mass is 10.0. The van der Waals surface area contributed by atoms with Crippen LogP contribution in [-0.2, 0) is 0 Å². The van der Waals surface area contributed by atoms with Gasteiger partial charge in [-0.25, -0.2) is 0 Å². The molecule has 18 heavy (non-hydrogen) atoms. The highest BCUT2D eigenvalue weighted by Gasteiger charge is 2.66. The molecule has 1 aromatic heterocycles. The highest BCUT2D eigenvalue weighted by molar-refractivity contribution is 7.11. The second-order valence-electron chi connectivity index (χ2n) is 6.24. The molecule has 5 unspecified atom stereocenters. The van der Waals surface area contributed by atoms with Gasteiger partial charge in [-0.1, -0.05) is 18.3 Å². The third-order valence-electron chi connectivity index (χ3n) is 5.53. The summed E-state index contributed by atoms with van der Waals surface area (Å²) in [6.45, 7) is 2.20. The zero-order valence-corrected chi connectivity index (χ0v) is 11.9. The normalized spacial score (nSPS) is 42.0. The van der Waals surface area contributed by atoms with Crippen molar-refractivity contribution >= 4 is 11.3 Å². The van der Waals surface area contributed by atoms with E-state index in [4.69, 9.17) is 0 Å². The molecule has 4 heteroatoms. The molecule has 3 aliphatic rings. The van der Waals surface area contributed by atoms with Crippen LogP contribution in [0.15, 0.2) is 0 Å². The van der Waals surface area contributed by atoms with Crippen LogP contribution < -0.4 is 5.32 Å². The summed E-state index contributed by atoms with van der Waals surface area (Å²) in [5.41, 5.74) is 0. The number of nitrogens with zero attached hydrogens (tertiary/aromatic N) is 2. The van der Waals surface area contributed by atoms with Gasteiger partial charge in [0.2, 0.25) is 0 Å². The van der Waals surface area contributed by atoms with Crippen LogP contribution in [0.25, 0.3) is 0 Å². The molecule has 0 spiro atoms. The summed E-state index contributed by atoms with van der Waals surface area (Å²) in [7, 11) is 2.02. The molecule has 0 radical (unpaired) electrons. The van der Waals surface area contributed by atoms with Crippen molar-refractivity contribution in [2.24, 2.45) is 23.7 Å². The first-order valence-electron chi connectivity index (χ1n) is 7.34. The van der Waals surface area contributed by atoms with E-state index in [0.29, 0.717) is 6.04 Å². The van der Waals surface area contributed by atoms with Crippen LogP contribution in [0, 0.1) is 23.7 Å². The molecule has 98 valence electrons. The van der Waals surface area contributed by atoms with Crippen molar-refractivity contribution < 1.29 is 0 Å². The van der Waals surface area contributed by atoms with Crippen molar-refractivity contribution in [2.45, 2.75) is 44.6 Å². The maximum absolute atomic E-state index is 4.50. The van der Waals surface area contributed by atoms with E-state index in [0.717, 1.165) is 36.0 Å². The first-order chi connectivity index (χ1) is 8.83. The summed E-state index contributed by atoms with van der Waals surface area (Å²) >= 11 is 1.86. The first kappa shape index (κ1) is 11.4. The van der Waals surface area contributed by atoms with Gasteiger partial charge in [-0.05, 0) is 56.4 Å². The van der Waals surface area contributed by atoms with E-state index in [1.807, 2.05) is 18.4 Å². The van der Waals surface area contributed by atoms with Crippen molar-refractivity contribution in [3.8, 4) is 0 Å². The largest absolute Gasteiger partial charge is 0.311 e. The van der Waals surface area contributed by atoms with E-state index in [1.165, 1.54) is 29.3 Å². The Morgan fingerprint density at radius 3 is 2.61 bits per heavy atom. The van der Waals surface area contributed by atoms with Crippen LogP contribution >= 0.6 is 11.3 Å². The van der Waals surface area contributed by atoms with Gasteiger partial charge in [-0.3, -0.25) is 0 Å². The lowest BCUT2D eigenvalue weighted by Gasteiger charge is -2.08. The summed E-state index contributed by atoms with van der Waals surface area (Å²) in [4.78, 5) is 0. The van der Waals surface area contributed by atoms with Crippen molar-refractivity contribution in [1.82, 2.24) is 15.5 Å². The predicted octanol–water partition coefficient (Wildman–Crippen LogP) is 2.97. The average Bonchev–Trinajstić information content (AvgIpc) is 2.80. The highest BCUT2D eigenvalue weighted by Crippen LogP contribution is 2.73. The molecular weight excluding hydrogens is 242 g/mol. The van der Waals surface area contributed by atoms with Crippen LogP contribution in [0.5, 0.6) is 0 Å². The van der Waals surface area contributed by atoms with Crippen LogP contribution in [0.1, 0.15) is 54.6 Å². The van der Waals surface area contributed by atoms with Gasteiger partial charge in [0.25, 0.3) is 0 Å². The molecule has 3 saturated carbocycles. The minimum atomic E-state index is 0.395. The molecule has 3 fully saturated rings. The first-order valence-corrected chi connectivity index (χ1v) is 8.15. The topological polar surface area (TPSA) is 37.8 Å². The Kier molecular flexibility index (Phi) is 2.53. The van der Waals surface area contributed by atoms with Crippen molar-refractivity contribution in [3.05, 3.63) is 10.0 Å². The monoisotopic (exact) mass is 263 g/mol. The van der Waals surface area contributed by atoms with Crippen molar-refractivity contribution in [3.63, 3.8) is 0 Å². The minimum absolute atomic E-state index is 0.395. The molecule has 1 heterocycles. The van der Waals surface area contributed by atoms with E-state index in [9.17, 15) is 0 Å². The fourth-order valence-corrected chi connectivity index (χ4v) is 5.93. The third kappa shape index (κ3) is 1.45. The summed E-state index contributed by atoms with van der Waals surface area (Å²) in [5, 5.41) is 14.8. The Balaban J connectivity index is 1.54. The van der Waals surface area contributed by atoms with Gasteiger partial charge in [0.1, 0.15) is 10.0 Å². The third-order valence-corrected chi connectivity index (χ3v) is 6.67. The molecule has 1 N–H and O–H groups in total. The highest BCUT2D eigenvalue weighted by atomic mass is 32.1. The number of aromatic nitrogens is 2. The average molecular weight is 263 g/mol. The second-order valence-corrected chi connectivity index (χ2v) is 7.28. The molecule has 0 aliphatic heterocycles. The molecule has 1 aromatic rings. The second kappa shape index (κ2) is 4.01. The van der Waals surface area contributed by atoms with E-state index in [1.54, 1.807) is 0 Å². The van der Waals surface area contributed by atoms with E-state index < -0.39 is 0 Å². The van der Waals surface area contributed by atoms with Gasteiger partial charge in [-0.15, -0.1) is 10.2 Å².